The SMILES string of the molecule is COc1ccc(OCc2nnc(SCC(=O)Nc3cc(OC)ccc3OC)n2C)cc1. The highest BCUT2D eigenvalue weighted by atomic mass is 32.2. The van der Waals surface area contributed by atoms with Gasteiger partial charge in [-0.1, -0.05) is 11.8 Å². The molecule has 0 bridgehead atoms. The van der Waals surface area contributed by atoms with Gasteiger partial charge in [0.05, 0.1) is 32.8 Å². The van der Waals surface area contributed by atoms with Gasteiger partial charge >= 0.3 is 0 Å². The monoisotopic (exact) mass is 444 g/mol. The largest absolute Gasteiger partial charge is 0.497 e. The maximum Gasteiger partial charge on any atom is 0.234 e. The van der Waals surface area contributed by atoms with E-state index in [9.17, 15) is 4.79 Å². The number of benzene rings is 2. The molecule has 0 radical (unpaired) electrons. The summed E-state index contributed by atoms with van der Waals surface area (Å²) in [7, 11) is 6.55. The highest BCUT2D eigenvalue weighted by molar-refractivity contribution is 7.99. The van der Waals surface area contributed by atoms with E-state index in [0.717, 1.165) is 5.75 Å². The first-order valence-electron chi connectivity index (χ1n) is 9.33. The Kier molecular flexibility index (Phi) is 7.60. The molecule has 164 valence electrons. The zero-order valence-corrected chi connectivity index (χ0v) is 18.6. The number of amides is 1. The summed E-state index contributed by atoms with van der Waals surface area (Å²) in [6.07, 6.45) is 0. The standard InChI is InChI=1S/C21H24N4O5S/c1-25-19(12-30-15-7-5-14(27-2)6-8-15)23-24-21(25)31-13-20(26)22-17-11-16(28-3)9-10-18(17)29-4/h5-11H,12-13H2,1-4H3,(H,22,26). The first kappa shape index (κ1) is 22.3. The van der Waals surface area contributed by atoms with E-state index in [-0.39, 0.29) is 18.3 Å². The van der Waals surface area contributed by atoms with Crippen LogP contribution in [0.5, 0.6) is 23.0 Å². The molecule has 1 aromatic heterocycles. The van der Waals surface area contributed by atoms with Gasteiger partial charge in [-0.3, -0.25) is 4.79 Å². The van der Waals surface area contributed by atoms with Crippen molar-refractivity contribution in [2.75, 3.05) is 32.4 Å². The van der Waals surface area contributed by atoms with E-state index >= 15 is 0 Å². The highest BCUT2D eigenvalue weighted by Gasteiger charge is 2.14. The van der Waals surface area contributed by atoms with Crippen LogP contribution in [0.1, 0.15) is 5.82 Å². The fourth-order valence-electron chi connectivity index (χ4n) is 2.64. The fraction of sp³-hybridized carbons (Fsp3) is 0.286. The Morgan fingerprint density at radius 3 is 2.32 bits per heavy atom. The molecule has 0 unspecified atom stereocenters. The summed E-state index contributed by atoms with van der Waals surface area (Å²) in [4.78, 5) is 12.4. The topological polar surface area (TPSA) is 96.7 Å². The molecule has 2 aromatic carbocycles. The number of rotatable bonds is 10. The van der Waals surface area contributed by atoms with Crippen molar-refractivity contribution in [1.82, 2.24) is 14.8 Å². The van der Waals surface area contributed by atoms with E-state index < -0.39 is 0 Å². The molecular formula is C21H24N4O5S. The van der Waals surface area contributed by atoms with Crippen LogP contribution >= 0.6 is 11.8 Å². The maximum atomic E-state index is 12.4. The van der Waals surface area contributed by atoms with Crippen molar-refractivity contribution in [3.05, 3.63) is 48.3 Å². The molecule has 9 nitrogen and oxygen atoms in total. The molecule has 0 saturated heterocycles. The van der Waals surface area contributed by atoms with Gasteiger partial charge in [0.2, 0.25) is 5.91 Å². The molecule has 0 aliphatic rings. The maximum absolute atomic E-state index is 12.4. The van der Waals surface area contributed by atoms with Crippen molar-refractivity contribution in [3.63, 3.8) is 0 Å². The second kappa shape index (κ2) is 10.6. The zero-order valence-electron chi connectivity index (χ0n) is 17.7. The molecule has 3 aromatic rings. The second-order valence-electron chi connectivity index (χ2n) is 6.33. The number of hydrogen-bond acceptors (Lipinski definition) is 8. The first-order chi connectivity index (χ1) is 15.0. The average Bonchev–Trinajstić information content (AvgIpc) is 3.15. The Morgan fingerprint density at radius 2 is 1.65 bits per heavy atom. The molecule has 0 atom stereocenters. The Balaban J connectivity index is 1.55. The highest BCUT2D eigenvalue weighted by Crippen LogP contribution is 2.29. The number of anilines is 1. The normalized spacial score (nSPS) is 10.5. The van der Waals surface area contributed by atoms with Crippen LogP contribution in [0.2, 0.25) is 0 Å². The van der Waals surface area contributed by atoms with Crippen molar-refractivity contribution in [1.29, 1.82) is 0 Å². The number of aromatic nitrogens is 3. The number of ether oxygens (including phenoxy) is 4. The van der Waals surface area contributed by atoms with Crippen LogP contribution in [0, 0.1) is 0 Å². The summed E-state index contributed by atoms with van der Waals surface area (Å²) in [5, 5.41) is 11.7. The van der Waals surface area contributed by atoms with Crippen molar-refractivity contribution < 1.29 is 23.7 Å². The molecule has 1 N–H and O–H groups in total. The van der Waals surface area contributed by atoms with Crippen LogP contribution < -0.4 is 24.3 Å². The summed E-state index contributed by atoms with van der Waals surface area (Å²) in [6.45, 7) is 0.254. The summed E-state index contributed by atoms with van der Waals surface area (Å²) in [5.74, 6) is 3.24. The molecule has 0 aliphatic heterocycles. The van der Waals surface area contributed by atoms with Gasteiger partial charge < -0.3 is 28.8 Å². The summed E-state index contributed by atoms with van der Waals surface area (Å²) in [5.41, 5.74) is 0.541. The van der Waals surface area contributed by atoms with Crippen molar-refractivity contribution in [2.24, 2.45) is 7.05 Å². The average molecular weight is 445 g/mol. The van der Waals surface area contributed by atoms with Gasteiger partial charge in [0.1, 0.15) is 29.6 Å². The number of carbonyl (C=O) groups is 1. The van der Waals surface area contributed by atoms with Crippen LogP contribution in [0.4, 0.5) is 5.69 Å². The van der Waals surface area contributed by atoms with Gasteiger partial charge in [-0.2, -0.15) is 0 Å². The molecule has 0 aliphatic carbocycles. The molecular weight excluding hydrogens is 420 g/mol. The van der Waals surface area contributed by atoms with Crippen LogP contribution in [0.15, 0.2) is 47.6 Å². The summed E-state index contributed by atoms with van der Waals surface area (Å²) in [6, 6.07) is 12.5. The molecule has 10 heteroatoms. The first-order valence-corrected chi connectivity index (χ1v) is 10.3. The molecule has 0 spiro atoms. The minimum Gasteiger partial charge on any atom is -0.497 e. The summed E-state index contributed by atoms with van der Waals surface area (Å²) < 4.78 is 23.2. The van der Waals surface area contributed by atoms with E-state index in [1.807, 2.05) is 31.3 Å². The lowest BCUT2D eigenvalue weighted by atomic mass is 10.2. The van der Waals surface area contributed by atoms with Crippen molar-refractivity contribution >= 4 is 23.4 Å². The van der Waals surface area contributed by atoms with E-state index in [0.29, 0.717) is 33.9 Å². The van der Waals surface area contributed by atoms with Gasteiger partial charge in [-0.05, 0) is 36.4 Å². The number of thioether (sulfide) groups is 1. The van der Waals surface area contributed by atoms with Crippen LogP contribution in [0.25, 0.3) is 0 Å². The fourth-order valence-corrected chi connectivity index (χ4v) is 3.37. The Labute approximate surface area is 184 Å². The molecule has 31 heavy (non-hydrogen) atoms. The van der Waals surface area contributed by atoms with Gasteiger partial charge in [0.15, 0.2) is 11.0 Å². The second-order valence-corrected chi connectivity index (χ2v) is 7.27. The molecule has 3 rings (SSSR count). The predicted octanol–water partition coefficient (Wildman–Crippen LogP) is 3.15. The smallest absolute Gasteiger partial charge is 0.234 e. The van der Waals surface area contributed by atoms with Gasteiger partial charge in [-0.15, -0.1) is 10.2 Å². The van der Waals surface area contributed by atoms with Crippen molar-refractivity contribution in [2.45, 2.75) is 11.8 Å². The Hall–Kier alpha value is -3.40. The molecule has 1 amide bonds. The third-order valence-electron chi connectivity index (χ3n) is 4.37. The van der Waals surface area contributed by atoms with Crippen molar-refractivity contribution in [3.8, 4) is 23.0 Å². The minimum absolute atomic E-state index is 0.158. The Bertz CT molecular complexity index is 1020. The van der Waals surface area contributed by atoms with Gasteiger partial charge in [-0.25, -0.2) is 0 Å². The molecule has 0 saturated carbocycles. The van der Waals surface area contributed by atoms with E-state index in [1.54, 1.807) is 44.1 Å². The number of carbonyl (C=O) groups excluding carboxylic acids is 1. The number of nitrogens with zero attached hydrogens (tertiary/aromatic N) is 3. The lowest BCUT2D eigenvalue weighted by Gasteiger charge is -2.11. The quantitative estimate of drug-likeness (QED) is 0.477. The minimum atomic E-state index is -0.199. The predicted molar refractivity (Wildman–Crippen MR) is 117 cm³/mol. The van der Waals surface area contributed by atoms with Crippen LogP contribution in [-0.2, 0) is 18.4 Å². The van der Waals surface area contributed by atoms with E-state index in [4.69, 9.17) is 18.9 Å². The summed E-state index contributed by atoms with van der Waals surface area (Å²) >= 11 is 1.28. The third-order valence-corrected chi connectivity index (χ3v) is 5.39. The lowest BCUT2D eigenvalue weighted by Crippen LogP contribution is -2.15. The van der Waals surface area contributed by atoms with E-state index in [2.05, 4.69) is 15.5 Å². The number of nitrogens with one attached hydrogen (secondary N) is 1. The van der Waals surface area contributed by atoms with Crippen LogP contribution in [0.3, 0.4) is 0 Å². The van der Waals surface area contributed by atoms with Crippen LogP contribution in [-0.4, -0.2) is 47.8 Å². The number of methoxy groups -OCH3 is 3. The van der Waals surface area contributed by atoms with Gasteiger partial charge in [0, 0.05) is 13.1 Å². The Morgan fingerprint density at radius 1 is 0.968 bits per heavy atom. The molecule has 0 fully saturated rings. The number of hydrogen-bond donors (Lipinski definition) is 1. The molecule has 1 heterocycles. The lowest BCUT2D eigenvalue weighted by molar-refractivity contribution is -0.113. The van der Waals surface area contributed by atoms with Gasteiger partial charge in [0.25, 0.3) is 0 Å². The van der Waals surface area contributed by atoms with E-state index in [1.165, 1.54) is 11.8 Å². The zero-order chi connectivity index (χ0) is 22.2. The third kappa shape index (κ3) is 5.82.